The molecule has 1 aliphatic heterocycles. The van der Waals surface area contributed by atoms with Crippen LogP contribution in [-0.2, 0) is 11.2 Å². The fourth-order valence-electron chi connectivity index (χ4n) is 4.75. The van der Waals surface area contributed by atoms with Crippen LogP contribution in [0.15, 0.2) is 30.6 Å². The Morgan fingerprint density at radius 1 is 1.17 bits per heavy atom. The van der Waals surface area contributed by atoms with Gasteiger partial charge in [0.15, 0.2) is 0 Å². The predicted octanol–water partition coefficient (Wildman–Crippen LogP) is 6.44. The van der Waals surface area contributed by atoms with Gasteiger partial charge in [0.1, 0.15) is 23.3 Å². The number of anilines is 2. The lowest BCUT2D eigenvalue weighted by Gasteiger charge is -2.36. The van der Waals surface area contributed by atoms with Crippen LogP contribution in [0.25, 0.3) is 10.8 Å². The summed E-state index contributed by atoms with van der Waals surface area (Å²) in [5, 5.41) is 6.07. The summed E-state index contributed by atoms with van der Waals surface area (Å²) >= 11 is 1.90. The van der Waals surface area contributed by atoms with Gasteiger partial charge in [-0.25, -0.2) is 19.7 Å². The number of fused-ring (bicyclic) bond motifs is 2. The number of nitrogens with zero attached hydrogens (tertiary/aromatic N) is 3. The van der Waals surface area contributed by atoms with Crippen molar-refractivity contribution in [1.82, 2.24) is 15.0 Å². The molecule has 1 aliphatic carbocycles. The molecule has 1 fully saturated rings. The summed E-state index contributed by atoms with van der Waals surface area (Å²) < 4.78 is 11.9. The highest BCUT2D eigenvalue weighted by atomic mass is 32.2. The fraction of sp³-hybridized carbons (Fsp3) is 0.500. The van der Waals surface area contributed by atoms with Gasteiger partial charge in [0.05, 0.1) is 16.6 Å². The number of thioether (sulfide) groups is 1. The first-order valence-electron chi connectivity index (χ1n) is 12.8. The maximum atomic E-state index is 12.4. The van der Waals surface area contributed by atoms with Crippen molar-refractivity contribution in [1.29, 1.82) is 0 Å². The smallest absolute Gasteiger partial charge is 0.340 e. The topological polar surface area (TPSA) is 86.2 Å². The zero-order valence-corrected chi connectivity index (χ0v) is 22.4. The minimum atomic E-state index is -0.606. The quantitative estimate of drug-likeness (QED) is 0.350. The Labute approximate surface area is 216 Å². The fourth-order valence-corrected chi connectivity index (χ4v) is 5.56. The number of aromatic nitrogens is 3. The second-order valence-electron chi connectivity index (χ2n) is 10.3. The number of aryl methyl sites for hydroxylation is 1. The molecule has 0 bridgehead atoms. The van der Waals surface area contributed by atoms with E-state index in [1.807, 2.05) is 44.9 Å². The normalized spacial score (nSPS) is 22.5. The van der Waals surface area contributed by atoms with Crippen molar-refractivity contribution in [3.63, 3.8) is 0 Å². The monoisotopic (exact) mass is 506 g/mol. The Morgan fingerprint density at radius 3 is 2.72 bits per heavy atom. The van der Waals surface area contributed by atoms with Gasteiger partial charge in [-0.3, -0.25) is 0 Å². The van der Waals surface area contributed by atoms with Crippen LogP contribution in [0.2, 0.25) is 0 Å². The number of carbonyl (C=O) groups excluding carboxylic acids is 1. The summed E-state index contributed by atoms with van der Waals surface area (Å²) in [6.07, 6.45) is 11.4. The van der Waals surface area contributed by atoms with Crippen molar-refractivity contribution >= 4 is 40.1 Å². The minimum Gasteiger partial charge on any atom is -0.474 e. The SMILES string of the molecule is CCCCc1cnc(OC2CC(SC)C2)c2cnc(Nc3ccc4c(n3)C(C)C(C)(C)OC4=O)cc12. The Balaban J connectivity index is 1.45. The predicted molar refractivity (Wildman–Crippen MR) is 145 cm³/mol. The van der Waals surface area contributed by atoms with Gasteiger partial charge in [-0.15, -0.1) is 0 Å². The molecule has 1 saturated carbocycles. The van der Waals surface area contributed by atoms with E-state index >= 15 is 0 Å². The average molecular weight is 507 g/mol. The van der Waals surface area contributed by atoms with Gasteiger partial charge >= 0.3 is 5.97 Å². The van der Waals surface area contributed by atoms with Gasteiger partial charge in [0.2, 0.25) is 5.88 Å². The van der Waals surface area contributed by atoms with Crippen LogP contribution in [0, 0.1) is 0 Å². The van der Waals surface area contributed by atoms with Crippen molar-refractivity contribution in [2.24, 2.45) is 0 Å². The number of ether oxygens (including phenoxy) is 2. The molecule has 3 aromatic rings. The number of hydrogen-bond donors (Lipinski definition) is 1. The molecule has 7 nitrogen and oxygen atoms in total. The molecule has 4 heterocycles. The lowest BCUT2D eigenvalue weighted by Crippen LogP contribution is -2.39. The van der Waals surface area contributed by atoms with E-state index in [9.17, 15) is 4.79 Å². The third-order valence-electron chi connectivity index (χ3n) is 7.49. The van der Waals surface area contributed by atoms with E-state index in [4.69, 9.17) is 14.5 Å². The Morgan fingerprint density at radius 2 is 1.97 bits per heavy atom. The second kappa shape index (κ2) is 9.88. The van der Waals surface area contributed by atoms with Crippen LogP contribution < -0.4 is 10.1 Å². The van der Waals surface area contributed by atoms with Crippen molar-refractivity contribution in [3.8, 4) is 5.88 Å². The highest BCUT2D eigenvalue weighted by Gasteiger charge is 2.40. The number of cyclic esters (lactones) is 1. The molecule has 8 heteroatoms. The molecule has 0 amide bonds. The third-order valence-corrected chi connectivity index (χ3v) is 8.54. The van der Waals surface area contributed by atoms with Gasteiger partial charge in [-0.05, 0) is 74.9 Å². The van der Waals surface area contributed by atoms with Crippen LogP contribution >= 0.6 is 11.8 Å². The largest absolute Gasteiger partial charge is 0.474 e. The molecule has 1 unspecified atom stereocenters. The summed E-state index contributed by atoms with van der Waals surface area (Å²) in [6.45, 7) is 8.07. The highest BCUT2D eigenvalue weighted by Crippen LogP contribution is 2.39. The Hall–Kier alpha value is -2.87. The maximum absolute atomic E-state index is 12.4. The molecule has 0 radical (unpaired) electrons. The van der Waals surface area contributed by atoms with Gasteiger partial charge in [-0.1, -0.05) is 20.3 Å². The van der Waals surface area contributed by atoms with E-state index in [0.29, 0.717) is 28.3 Å². The van der Waals surface area contributed by atoms with Gasteiger partial charge in [-0.2, -0.15) is 11.8 Å². The molecule has 5 rings (SSSR count). The minimum absolute atomic E-state index is 0.0276. The van der Waals surface area contributed by atoms with Crippen molar-refractivity contribution in [2.75, 3.05) is 11.6 Å². The van der Waals surface area contributed by atoms with Crippen LogP contribution in [0.4, 0.5) is 11.6 Å². The first-order valence-corrected chi connectivity index (χ1v) is 14.1. The van der Waals surface area contributed by atoms with E-state index in [1.54, 1.807) is 12.1 Å². The summed E-state index contributed by atoms with van der Waals surface area (Å²) in [5.74, 6) is 1.65. The van der Waals surface area contributed by atoms with Crippen LogP contribution in [-0.4, -0.2) is 44.1 Å². The first-order chi connectivity index (χ1) is 17.3. The number of hydrogen-bond acceptors (Lipinski definition) is 8. The van der Waals surface area contributed by atoms with Crippen molar-refractivity contribution < 1.29 is 14.3 Å². The van der Waals surface area contributed by atoms with E-state index in [0.717, 1.165) is 48.6 Å². The number of rotatable bonds is 8. The number of pyridine rings is 3. The lowest BCUT2D eigenvalue weighted by atomic mass is 9.84. The van der Waals surface area contributed by atoms with Crippen molar-refractivity contribution in [2.45, 2.75) is 82.7 Å². The number of carbonyl (C=O) groups is 1. The molecule has 36 heavy (non-hydrogen) atoms. The third kappa shape index (κ3) is 4.75. The highest BCUT2D eigenvalue weighted by molar-refractivity contribution is 7.99. The molecule has 2 aliphatic rings. The average Bonchev–Trinajstić information content (AvgIpc) is 2.83. The summed E-state index contributed by atoms with van der Waals surface area (Å²) in [5.41, 5.74) is 1.85. The standard InChI is InChI=1S/C28H34N4O3S/c1-6-7-8-17-14-30-26(34-18-11-19(12-18)36-5)22-15-29-24(13-21(17)22)31-23-10-9-20-25(32-23)16(2)28(3,4)35-27(20)33/h9-10,13-16,18-19H,6-8,11-12H2,1-5H3,(H,29,31,32). The molecule has 1 N–H and O–H groups in total. The number of nitrogens with one attached hydrogen (secondary N) is 1. The summed E-state index contributed by atoms with van der Waals surface area (Å²) in [7, 11) is 0. The molecule has 1 atom stereocenters. The van der Waals surface area contributed by atoms with E-state index in [-0.39, 0.29) is 18.0 Å². The Bertz CT molecular complexity index is 1290. The molecule has 0 aromatic carbocycles. The van der Waals surface area contributed by atoms with Gasteiger partial charge in [0, 0.05) is 23.6 Å². The molecule has 190 valence electrons. The van der Waals surface area contributed by atoms with Gasteiger partial charge < -0.3 is 14.8 Å². The van der Waals surface area contributed by atoms with E-state index < -0.39 is 5.60 Å². The van der Waals surface area contributed by atoms with Crippen molar-refractivity contribution in [3.05, 3.63) is 47.4 Å². The van der Waals surface area contributed by atoms with Crippen LogP contribution in [0.5, 0.6) is 5.88 Å². The maximum Gasteiger partial charge on any atom is 0.340 e. The Kier molecular flexibility index (Phi) is 6.81. The lowest BCUT2D eigenvalue weighted by molar-refractivity contribution is -0.0189. The summed E-state index contributed by atoms with van der Waals surface area (Å²) in [6, 6.07) is 5.64. The number of unbranched alkanes of at least 4 members (excludes halogenated alkanes) is 1. The zero-order valence-electron chi connectivity index (χ0n) is 21.6. The number of esters is 1. The first kappa shape index (κ1) is 24.8. The van der Waals surface area contributed by atoms with Crippen LogP contribution in [0.1, 0.15) is 80.9 Å². The molecule has 0 spiro atoms. The van der Waals surface area contributed by atoms with Gasteiger partial charge in [0.25, 0.3) is 0 Å². The molecular weight excluding hydrogens is 472 g/mol. The van der Waals surface area contributed by atoms with E-state index in [1.165, 1.54) is 5.56 Å². The molecule has 0 saturated heterocycles. The summed E-state index contributed by atoms with van der Waals surface area (Å²) in [4.78, 5) is 26.6. The molecule has 3 aromatic heterocycles. The van der Waals surface area contributed by atoms with E-state index in [2.05, 4.69) is 34.5 Å². The van der Waals surface area contributed by atoms with Crippen LogP contribution in [0.3, 0.4) is 0 Å². The zero-order chi connectivity index (χ0) is 25.4. The second-order valence-corrected chi connectivity index (χ2v) is 11.5. The molecular formula is C28H34N4O3S.